The number of hydrogen-bond acceptors (Lipinski definition) is 4. The highest BCUT2D eigenvalue weighted by Crippen LogP contribution is 2.24. The first kappa shape index (κ1) is 12.5. The fraction of sp³-hybridized carbons (Fsp3) is 0.818. The zero-order valence-corrected chi connectivity index (χ0v) is 10.5. The third-order valence-electron chi connectivity index (χ3n) is 3.46. The highest BCUT2D eigenvalue weighted by Gasteiger charge is 2.37. The molecule has 1 amide bonds. The first-order chi connectivity index (χ1) is 7.98. The molecule has 17 heavy (non-hydrogen) atoms. The van der Waals surface area contributed by atoms with Gasteiger partial charge in [-0.2, -0.15) is 0 Å². The van der Waals surface area contributed by atoms with E-state index in [-0.39, 0.29) is 23.4 Å². The number of rotatable bonds is 2. The zero-order chi connectivity index (χ0) is 12.5. The number of nitrogens with one attached hydrogen (secondary N) is 1. The van der Waals surface area contributed by atoms with Crippen molar-refractivity contribution in [1.82, 2.24) is 5.32 Å². The minimum Gasteiger partial charge on any atom is -0.345 e. The Morgan fingerprint density at radius 3 is 2.35 bits per heavy atom. The summed E-state index contributed by atoms with van der Waals surface area (Å²) < 4.78 is 22.5. The summed E-state index contributed by atoms with van der Waals surface area (Å²) in [6.45, 7) is 0. The molecule has 1 saturated heterocycles. The summed E-state index contributed by atoms with van der Waals surface area (Å²) in [6, 6.07) is -0.811. The maximum atomic E-state index is 11.9. The molecule has 2 rings (SSSR count). The van der Waals surface area contributed by atoms with E-state index in [4.69, 9.17) is 0 Å². The van der Waals surface area contributed by atoms with Crippen LogP contribution in [0.4, 0.5) is 0 Å². The number of ketones is 1. The van der Waals surface area contributed by atoms with Gasteiger partial charge in [0.05, 0.1) is 5.75 Å². The van der Waals surface area contributed by atoms with Gasteiger partial charge in [0.2, 0.25) is 5.91 Å². The molecule has 0 radical (unpaired) electrons. The molecular formula is C11H17NO4S. The van der Waals surface area contributed by atoms with Gasteiger partial charge in [0.15, 0.2) is 15.6 Å². The van der Waals surface area contributed by atoms with Gasteiger partial charge in [-0.25, -0.2) is 8.42 Å². The van der Waals surface area contributed by atoms with Crippen molar-refractivity contribution in [2.45, 2.75) is 38.1 Å². The van der Waals surface area contributed by atoms with E-state index in [0.717, 1.165) is 32.1 Å². The Morgan fingerprint density at radius 1 is 1.18 bits per heavy atom. The Hall–Kier alpha value is -0.910. The van der Waals surface area contributed by atoms with Crippen molar-refractivity contribution in [3.05, 3.63) is 0 Å². The van der Waals surface area contributed by atoms with Gasteiger partial charge in [-0.05, 0) is 12.8 Å². The maximum absolute atomic E-state index is 11.9. The van der Waals surface area contributed by atoms with Gasteiger partial charge in [0, 0.05) is 5.92 Å². The van der Waals surface area contributed by atoms with Crippen molar-refractivity contribution in [2.75, 3.05) is 11.5 Å². The molecule has 0 spiro atoms. The van der Waals surface area contributed by atoms with Crippen LogP contribution in [0.5, 0.6) is 0 Å². The van der Waals surface area contributed by atoms with Crippen LogP contribution in [-0.4, -0.2) is 37.7 Å². The van der Waals surface area contributed by atoms with Gasteiger partial charge >= 0.3 is 0 Å². The Balaban J connectivity index is 1.92. The van der Waals surface area contributed by atoms with Crippen molar-refractivity contribution in [2.24, 2.45) is 5.92 Å². The lowest BCUT2D eigenvalue weighted by Gasteiger charge is -2.22. The zero-order valence-electron chi connectivity index (χ0n) is 9.65. The summed E-state index contributed by atoms with van der Waals surface area (Å²) in [7, 11) is -3.29. The Kier molecular flexibility index (Phi) is 3.51. The molecule has 1 unspecified atom stereocenters. The van der Waals surface area contributed by atoms with Crippen LogP contribution in [0.2, 0.25) is 0 Å². The quantitative estimate of drug-likeness (QED) is 0.759. The first-order valence-corrected chi connectivity index (χ1v) is 7.83. The Morgan fingerprint density at radius 2 is 1.82 bits per heavy atom. The van der Waals surface area contributed by atoms with Gasteiger partial charge in [0.25, 0.3) is 0 Å². The molecule has 0 aromatic carbocycles. The minimum atomic E-state index is -3.29. The molecule has 2 aliphatic rings. The van der Waals surface area contributed by atoms with Crippen LogP contribution in [-0.2, 0) is 19.4 Å². The van der Waals surface area contributed by atoms with Crippen LogP contribution in [0, 0.1) is 5.92 Å². The second-order valence-electron chi connectivity index (χ2n) is 4.92. The lowest BCUT2D eigenvalue weighted by Crippen LogP contribution is -2.43. The van der Waals surface area contributed by atoms with Gasteiger partial charge < -0.3 is 5.32 Å². The molecule has 5 nitrogen and oxygen atoms in total. The van der Waals surface area contributed by atoms with E-state index < -0.39 is 21.6 Å². The number of sulfone groups is 1. The molecule has 1 heterocycles. The molecule has 1 N–H and O–H groups in total. The normalized spacial score (nSPS) is 29.2. The van der Waals surface area contributed by atoms with E-state index >= 15 is 0 Å². The molecule has 96 valence electrons. The Bertz CT molecular complexity index is 423. The average molecular weight is 259 g/mol. The van der Waals surface area contributed by atoms with E-state index in [1.165, 1.54) is 0 Å². The van der Waals surface area contributed by atoms with Gasteiger partial charge in [0.1, 0.15) is 11.8 Å². The lowest BCUT2D eigenvalue weighted by molar-refractivity contribution is -0.129. The van der Waals surface area contributed by atoms with E-state index in [1.807, 2.05) is 0 Å². The standard InChI is InChI=1S/C11H17NO4S/c13-10-7-17(15,16)6-9(10)12-11(14)8-4-2-1-3-5-8/h8-9H,1-7H2,(H,12,14). The van der Waals surface area contributed by atoms with Crippen LogP contribution in [0.25, 0.3) is 0 Å². The molecular weight excluding hydrogens is 242 g/mol. The van der Waals surface area contributed by atoms with Crippen LogP contribution in [0.15, 0.2) is 0 Å². The van der Waals surface area contributed by atoms with Crippen LogP contribution in [0.3, 0.4) is 0 Å². The predicted molar refractivity (Wildman–Crippen MR) is 62.2 cm³/mol. The average Bonchev–Trinajstić information content (AvgIpc) is 2.53. The SMILES string of the molecule is O=C(NC1CS(=O)(=O)CC1=O)C1CCCCC1. The van der Waals surface area contributed by atoms with E-state index in [9.17, 15) is 18.0 Å². The van der Waals surface area contributed by atoms with E-state index in [0.29, 0.717) is 0 Å². The fourth-order valence-electron chi connectivity index (χ4n) is 2.50. The van der Waals surface area contributed by atoms with Gasteiger partial charge in [-0.3, -0.25) is 9.59 Å². The van der Waals surface area contributed by atoms with Gasteiger partial charge in [-0.1, -0.05) is 19.3 Å². The molecule has 1 aliphatic heterocycles. The van der Waals surface area contributed by atoms with E-state index in [1.54, 1.807) is 0 Å². The van der Waals surface area contributed by atoms with E-state index in [2.05, 4.69) is 5.32 Å². The first-order valence-electron chi connectivity index (χ1n) is 6.01. The molecule has 6 heteroatoms. The second kappa shape index (κ2) is 4.76. The minimum absolute atomic E-state index is 0.0418. The summed E-state index contributed by atoms with van der Waals surface area (Å²) >= 11 is 0. The molecule has 1 saturated carbocycles. The number of carbonyl (C=O) groups is 2. The summed E-state index contributed by atoms with van der Waals surface area (Å²) in [4.78, 5) is 23.3. The summed E-state index contributed by atoms with van der Waals surface area (Å²) in [5, 5.41) is 2.59. The molecule has 1 aliphatic carbocycles. The third kappa shape index (κ3) is 3.06. The van der Waals surface area contributed by atoms with Crippen molar-refractivity contribution < 1.29 is 18.0 Å². The van der Waals surface area contributed by atoms with Crippen LogP contribution < -0.4 is 5.32 Å². The molecule has 0 aromatic heterocycles. The summed E-state index contributed by atoms with van der Waals surface area (Å²) in [6.07, 6.45) is 4.92. The summed E-state index contributed by atoms with van der Waals surface area (Å²) in [5.74, 6) is -1.23. The summed E-state index contributed by atoms with van der Waals surface area (Å²) in [5.41, 5.74) is 0. The fourth-order valence-corrected chi connectivity index (χ4v) is 4.03. The molecule has 2 fully saturated rings. The van der Waals surface area contributed by atoms with Crippen molar-refractivity contribution >= 4 is 21.5 Å². The Labute approximate surface area is 101 Å². The maximum Gasteiger partial charge on any atom is 0.223 e. The third-order valence-corrected chi connectivity index (χ3v) is 5.03. The van der Waals surface area contributed by atoms with Gasteiger partial charge in [-0.15, -0.1) is 0 Å². The smallest absolute Gasteiger partial charge is 0.223 e. The lowest BCUT2D eigenvalue weighted by atomic mass is 9.88. The molecule has 0 aromatic rings. The topological polar surface area (TPSA) is 80.3 Å². The van der Waals surface area contributed by atoms with Crippen molar-refractivity contribution in [3.63, 3.8) is 0 Å². The number of hydrogen-bond donors (Lipinski definition) is 1. The number of carbonyl (C=O) groups excluding carboxylic acids is 2. The monoisotopic (exact) mass is 259 g/mol. The largest absolute Gasteiger partial charge is 0.345 e. The highest BCUT2D eigenvalue weighted by atomic mass is 32.2. The van der Waals surface area contributed by atoms with Crippen LogP contribution >= 0.6 is 0 Å². The molecule has 1 atom stereocenters. The van der Waals surface area contributed by atoms with Crippen molar-refractivity contribution in [1.29, 1.82) is 0 Å². The molecule has 0 bridgehead atoms. The number of amides is 1. The predicted octanol–water partition coefficient (Wildman–Crippen LogP) is 0.0490. The van der Waals surface area contributed by atoms with Crippen LogP contribution in [0.1, 0.15) is 32.1 Å². The second-order valence-corrected chi connectivity index (χ2v) is 7.03. The number of Topliss-reactive ketones (excluding diaryl/α,β-unsaturated/α-hetero) is 1. The van der Waals surface area contributed by atoms with Crippen molar-refractivity contribution in [3.8, 4) is 0 Å². The highest BCUT2D eigenvalue weighted by molar-refractivity contribution is 7.92.